The summed E-state index contributed by atoms with van der Waals surface area (Å²) in [4.78, 5) is 19.9. The lowest BCUT2D eigenvalue weighted by Crippen LogP contribution is -2.51. The average Bonchev–Trinajstić information content (AvgIpc) is 2.26. The third-order valence-electron chi connectivity index (χ3n) is 2.33. The van der Waals surface area contributed by atoms with Crippen LogP contribution in [0.1, 0.15) is 40.3 Å². The molecular weight excluding hydrogens is 256 g/mol. The van der Waals surface area contributed by atoms with Gasteiger partial charge in [-0.25, -0.2) is 4.79 Å². The summed E-state index contributed by atoms with van der Waals surface area (Å²) >= 11 is 0. The van der Waals surface area contributed by atoms with E-state index in [1.807, 2.05) is 34.6 Å². The predicted octanol–water partition coefficient (Wildman–Crippen LogP) is 1.87. The Labute approximate surface area is 120 Å². The molecule has 1 aromatic heterocycles. The van der Waals surface area contributed by atoms with Crippen LogP contribution in [0.3, 0.4) is 0 Å². The van der Waals surface area contributed by atoms with Gasteiger partial charge < -0.3 is 15.4 Å². The number of carbonyl (C=O) groups is 1. The van der Waals surface area contributed by atoms with Crippen LogP contribution < -0.4 is 10.6 Å². The summed E-state index contributed by atoms with van der Waals surface area (Å²) in [5, 5.41) is 6.08. The van der Waals surface area contributed by atoms with E-state index in [1.165, 1.54) is 0 Å². The molecule has 0 fully saturated rings. The Morgan fingerprint density at radius 3 is 2.50 bits per heavy atom. The Hall–Kier alpha value is -1.69. The van der Waals surface area contributed by atoms with Crippen molar-refractivity contribution in [2.45, 2.75) is 52.3 Å². The van der Waals surface area contributed by atoms with Gasteiger partial charge in [-0.05, 0) is 34.6 Å². The number of aromatic nitrogens is 2. The van der Waals surface area contributed by atoms with Crippen molar-refractivity contribution in [1.29, 1.82) is 0 Å². The lowest BCUT2D eigenvalue weighted by Gasteiger charge is -2.28. The van der Waals surface area contributed by atoms with E-state index in [-0.39, 0.29) is 0 Å². The summed E-state index contributed by atoms with van der Waals surface area (Å²) in [6, 6.07) is 0. The number of ether oxygens (including phenoxy) is 1. The number of hydrogen-bond acceptors (Lipinski definition) is 5. The summed E-state index contributed by atoms with van der Waals surface area (Å²) in [6.45, 7) is 10.6. The van der Waals surface area contributed by atoms with Crippen molar-refractivity contribution in [3.63, 3.8) is 0 Å². The van der Waals surface area contributed by atoms with E-state index >= 15 is 0 Å². The van der Waals surface area contributed by atoms with Crippen molar-refractivity contribution in [3.05, 3.63) is 24.3 Å². The molecule has 0 saturated heterocycles. The number of rotatable bonds is 5. The van der Waals surface area contributed by atoms with Crippen LogP contribution in [0.5, 0.6) is 0 Å². The molecule has 1 rings (SSSR count). The Kier molecular flexibility index (Phi) is 5.44. The van der Waals surface area contributed by atoms with Gasteiger partial charge in [0.1, 0.15) is 5.60 Å². The number of nitrogens with zero attached hydrogens (tertiary/aromatic N) is 2. The number of nitrogens with one attached hydrogen (secondary N) is 2. The maximum atomic E-state index is 11.7. The van der Waals surface area contributed by atoms with Gasteiger partial charge in [0, 0.05) is 31.7 Å². The molecule has 0 saturated carbocycles. The van der Waals surface area contributed by atoms with Crippen LogP contribution in [0.4, 0.5) is 4.79 Å². The van der Waals surface area contributed by atoms with Crippen molar-refractivity contribution in [2.75, 3.05) is 6.54 Å². The first kappa shape index (κ1) is 16.4. The number of alkyl carbamates (subject to hydrolysis) is 1. The minimum absolute atomic E-state index is 0.412. The third kappa shape index (κ3) is 7.04. The highest BCUT2D eigenvalue weighted by Gasteiger charge is 2.24. The monoisotopic (exact) mass is 280 g/mol. The number of amides is 1. The van der Waals surface area contributed by atoms with Gasteiger partial charge in [0.15, 0.2) is 0 Å². The molecule has 6 nitrogen and oxygen atoms in total. The zero-order valence-corrected chi connectivity index (χ0v) is 12.9. The van der Waals surface area contributed by atoms with Gasteiger partial charge in [0.05, 0.1) is 11.2 Å². The molecule has 0 aliphatic carbocycles. The zero-order valence-electron chi connectivity index (χ0n) is 12.9. The Morgan fingerprint density at radius 2 is 1.95 bits per heavy atom. The first-order chi connectivity index (χ1) is 9.18. The zero-order chi connectivity index (χ0) is 15.2. The van der Waals surface area contributed by atoms with Crippen molar-refractivity contribution < 1.29 is 9.53 Å². The molecule has 0 aliphatic rings. The van der Waals surface area contributed by atoms with E-state index in [0.717, 1.165) is 5.69 Å². The number of hydrogen-bond donors (Lipinski definition) is 2. The Balaban J connectivity index is 2.36. The molecule has 20 heavy (non-hydrogen) atoms. The fraction of sp³-hybridized carbons (Fsp3) is 0.643. The number of carbonyl (C=O) groups excluding carboxylic acids is 1. The SMILES string of the molecule is CC(C)(CNCc1cnccn1)NC(=O)OC(C)(C)C. The lowest BCUT2D eigenvalue weighted by molar-refractivity contribution is 0.0472. The molecular formula is C14H24N4O2. The summed E-state index contributed by atoms with van der Waals surface area (Å²) in [5.74, 6) is 0. The minimum Gasteiger partial charge on any atom is -0.444 e. The van der Waals surface area contributed by atoms with Gasteiger partial charge in [-0.1, -0.05) is 0 Å². The standard InChI is InChI=1S/C14H24N4O2/c1-13(2,3)20-12(19)18-14(4,5)10-16-9-11-8-15-6-7-17-11/h6-8,16H,9-10H2,1-5H3,(H,18,19). The van der Waals surface area contributed by atoms with Crippen LogP contribution in [-0.4, -0.2) is 33.7 Å². The summed E-state index contributed by atoms with van der Waals surface area (Å²) in [5.41, 5.74) is -0.0434. The second-order valence-electron chi connectivity index (χ2n) is 6.31. The van der Waals surface area contributed by atoms with Gasteiger partial charge >= 0.3 is 6.09 Å². The molecule has 0 unspecified atom stereocenters. The van der Waals surface area contributed by atoms with Gasteiger partial charge in [0.25, 0.3) is 0 Å². The van der Waals surface area contributed by atoms with Crippen molar-refractivity contribution in [1.82, 2.24) is 20.6 Å². The van der Waals surface area contributed by atoms with Crippen molar-refractivity contribution in [3.8, 4) is 0 Å². The molecule has 0 spiro atoms. The van der Waals surface area contributed by atoms with E-state index in [0.29, 0.717) is 13.1 Å². The van der Waals surface area contributed by atoms with Crippen molar-refractivity contribution in [2.24, 2.45) is 0 Å². The molecule has 1 heterocycles. The van der Waals surface area contributed by atoms with Gasteiger partial charge in [-0.3, -0.25) is 9.97 Å². The molecule has 6 heteroatoms. The smallest absolute Gasteiger partial charge is 0.408 e. The quantitative estimate of drug-likeness (QED) is 0.861. The second-order valence-corrected chi connectivity index (χ2v) is 6.31. The van der Waals surface area contributed by atoms with Gasteiger partial charge in [-0.2, -0.15) is 0 Å². The van der Waals surface area contributed by atoms with E-state index in [1.54, 1.807) is 18.6 Å². The molecule has 0 aliphatic heterocycles. The summed E-state index contributed by atoms with van der Waals surface area (Å²) < 4.78 is 5.24. The summed E-state index contributed by atoms with van der Waals surface area (Å²) in [6.07, 6.45) is 4.59. The van der Waals surface area contributed by atoms with Crippen LogP contribution in [0.25, 0.3) is 0 Å². The van der Waals surface area contributed by atoms with Crippen LogP contribution in [0.15, 0.2) is 18.6 Å². The summed E-state index contributed by atoms with van der Waals surface area (Å²) in [7, 11) is 0. The predicted molar refractivity (Wildman–Crippen MR) is 77.2 cm³/mol. The largest absolute Gasteiger partial charge is 0.444 e. The minimum atomic E-state index is -0.493. The highest BCUT2D eigenvalue weighted by Crippen LogP contribution is 2.09. The first-order valence-electron chi connectivity index (χ1n) is 6.65. The maximum absolute atomic E-state index is 11.7. The van der Waals surface area contributed by atoms with E-state index in [9.17, 15) is 4.79 Å². The fourth-order valence-electron chi connectivity index (χ4n) is 1.55. The van der Waals surface area contributed by atoms with Gasteiger partial charge in [0.2, 0.25) is 0 Å². The highest BCUT2D eigenvalue weighted by molar-refractivity contribution is 5.68. The molecule has 112 valence electrons. The van der Waals surface area contributed by atoms with E-state index in [4.69, 9.17) is 4.74 Å². The van der Waals surface area contributed by atoms with Crippen LogP contribution in [0, 0.1) is 0 Å². The van der Waals surface area contributed by atoms with Crippen LogP contribution in [0.2, 0.25) is 0 Å². The van der Waals surface area contributed by atoms with E-state index < -0.39 is 17.2 Å². The molecule has 0 aromatic carbocycles. The molecule has 0 atom stereocenters. The Morgan fingerprint density at radius 1 is 1.25 bits per heavy atom. The molecule has 0 bridgehead atoms. The molecule has 1 amide bonds. The van der Waals surface area contributed by atoms with E-state index in [2.05, 4.69) is 20.6 Å². The second kappa shape index (κ2) is 6.65. The topological polar surface area (TPSA) is 76.1 Å². The third-order valence-corrected chi connectivity index (χ3v) is 2.33. The Bertz CT molecular complexity index is 427. The first-order valence-corrected chi connectivity index (χ1v) is 6.65. The molecule has 2 N–H and O–H groups in total. The van der Waals surface area contributed by atoms with Crippen LogP contribution >= 0.6 is 0 Å². The maximum Gasteiger partial charge on any atom is 0.408 e. The molecule has 1 aromatic rings. The highest BCUT2D eigenvalue weighted by atomic mass is 16.6. The molecule has 0 radical (unpaired) electrons. The lowest BCUT2D eigenvalue weighted by atomic mass is 10.1. The average molecular weight is 280 g/mol. The van der Waals surface area contributed by atoms with Crippen molar-refractivity contribution >= 4 is 6.09 Å². The van der Waals surface area contributed by atoms with Crippen LogP contribution in [-0.2, 0) is 11.3 Å². The fourth-order valence-corrected chi connectivity index (χ4v) is 1.55. The van der Waals surface area contributed by atoms with Gasteiger partial charge in [-0.15, -0.1) is 0 Å². The normalized spacial score (nSPS) is 12.1.